The van der Waals surface area contributed by atoms with Crippen LogP contribution >= 0.6 is 0 Å². The molecule has 1 atom stereocenters. The summed E-state index contributed by atoms with van der Waals surface area (Å²) in [4.78, 5) is 0. The second-order valence-corrected chi connectivity index (χ2v) is 4.33. The van der Waals surface area contributed by atoms with Crippen molar-refractivity contribution in [2.45, 2.75) is 25.1 Å². The molecule has 3 N–H and O–H groups in total. The van der Waals surface area contributed by atoms with Crippen LogP contribution in [0.25, 0.3) is 0 Å². The fraction of sp³-hybridized carbons (Fsp3) is 0.538. The largest absolute Gasteiger partial charge is 0.493 e. The minimum Gasteiger partial charge on any atom is -0.493 e. The first-order valence-electron chi connectivity index (χ1n) is 6.19. The Balaban J connectivity index is 3.09. The summed E-state index contributed by atoms with van der Waals surface area (Å²) < 4.78 is 52.5. The molecule has 0 saturated heterocycles. The summed E-state index contributed by atoms with van der Waals surface area (Å²) in [6.07, 6.45) is -5.38. The van der Waals surface area contributed by atoms with E-state index in [2.05, 4.69) is 5.43 Å². The summed E-state index contributed by atoms with van der Waals surface area (Å²) in [6.45, 7) is 0. The van der Waals surface area contributed by atoms with Crippen molar-refractivity contribution in [1.29, 1.82) is 0 Å². The van der Waals surface area contributed by atoms with E-state index < -0.39 is 18.6 Å². The Morgan fingerprint density at radius 2 is 1.62 bits per heavy atom. The van der Waals surface area contributed by atoms with Crippen molar-refractivity contribution in [2.75, 3.05) is 21.3 Å². The molecule has 5 nitrogen and oxygen atoms in total. The number of rotatable bonds is 7. The van der Waals surface area contributed by atoms with Crippen LogP contribution in [0.3, 0.4) is 0 Å². The highest BCUT2D eigenvalue weighted by Gasteiger charge is 2.29. The average Bonchev–Trinajstić information content (AvgIpc) is 2.45. The van der Waals surface area contributed by atoms with Gasteiger partial charge in [-0.25, -0.2) is 0 Å². The van der Waals surface area contributed by atoms with Gasteiger partial charge in [0.05, 0.1) is 21.3 Å². The molecule has 0 amide bonds. The Hall–Kier alpha value is -1.67. The smallest absolute Gasteiger partial charge is 0.389 e. The van der Waals surface area contributed by atoms with E-state index in [0.717, 1.165) is 0 Å². The highest BCUT2D eigenvalue weighted by atomic mass is 19.4. The molecule has 1 aromatic rings. The Morgan fingerprint density at radius 1 is 1.10 bits per heavy atom. The lowest BCUT2D eigenvalue weighted by atomic mass is 10.0. The van der Waals surface area contributed by atoms with Gasteiger partial charge in [0.2, 0.25) is 5.75 Å². The van der Waals surface area contributed by atoms with Gasteiger partial charge in [-0.1, -0.05) is 0 Å². The van der Waals surface area contributed by atoms with Crippen LogP contribution in [0.2, 0.25) is 0 Å². The van der Waals surface area contributed by atoms with Crippen LogP contribution in [0.15, 0.2) is 12.1 Å². The molecular weight excluding hydrogens is 289 g/mol. The molecule has 8 heteroatoms. The van der Waals surface area contributed by atoms with Crippen LogP contribution in [-0.2, 0) is 0 Å². The van der Waals surface area contributed by atoms with Crippen molar-refractivity contribution in [1.82, 2.24) is 5.43 Å². The van der Waals surface area contributed by atoms with Gasteiger partial charge in [-0.05, 0) is 24.1 Å². The zero-order valence-corrected chi connectivity index (χ0v) is 12.1. The van der Waals surface area contributed by atoms with E-state index in [1.165, 1.54) is 21.3 Å². The molecule has 0 fully saturated rings. The summed E-state index contributed by atoms with van der Waals surface area (Å²) in [5.41, 5.74) is 2.90. The van der Waals surface area contributed by atoms with Gasteiger partial charge in [-0.3, -0.25) is 11.3 Å². The van der Waals surface area contributed by atoms with Crippen LogP contribution in [0.4, 0.5) is 13.2 Å². The number of ether oxygens (including phenoxy) is 3. The second-order valence-electron chi connectivity index (χ2n) is 4.33. The monoisotopic (exact) mass is 308 g/mol. The number of halogens is 3. The maximum Gasteiger partial charge on any atom is 0.389 e. The molecule has 0 aliphatic carbocycles. The number of alkyl halides is 3. The topological polar surface area (TPSA) is 65.7 Å². The van der Waals surface area contributed by atoms with Crippen molar-refractivity contribution in [3.05, 3.63) is 17.7 Å². The molecule has 1 rings (SSSR count). The van der Waals surface area contributed by atoms with Crippen LogP contribution < -0.4 is 25.5 Å². The minimum absolute atomic E-state index is 0.196. The van der Waals surface area contributed by atoms with Crippen molar-refractivity contribution in [2.24, 2.45) is 5.84 Å². The number of hydrogen-bond donors (Lipinski definition) is 2. The minimum atomic E-state index is -4.24. The van der Waals surface area contributed by atoms with Crippen molar-refractivity contribution in [3.8, 4) is 17.2 Å². The number of nitrogens with one attached hydrogen (secondary N) is 1. The van der Waals surface area contributed by atoms with E-state index in [1.807, 2.05) is 0 Å². The van der Waals surface area contributed by atoms with Crippen LogP contribution in [0.1, 0.15) is 24.4 Å². The maximum atomic E-state index is 12.3. The molecule has 0 aliphatic heterocycles. The van der Waals surface area contributed by atoms with Gasteiger partial charge in [-0.15, -0.1) is 0 Å². The zero-order chi connectivity index (χ0) is 16.0. The first-order chi connectivity index (χ1) is 9.86. The van der Waals surface area contributed by atoms with E-state index in [1.54, 1.807) is 12.1 Å². The number of hydrazine groups is 1. The number of methoxy groups -OCH3 is 3. The molecule has 0 bridgehead atoms. The first-order valence-corrected chi connectivity index (χ1v) is 6.19. The molecule has 0 radical (unpaired) electrons. The summed E-state index contributed by atoms with van der Waals surface area (Å²) in [7, 11) is 4.31. The van der Waals surface area contributed by atoms with Gasteiger partial charge in [0.15, 0.2) is 11.5 Å². The van der Waals surface area contributed by atoms with E-state index in [9.17, 15) is 13.2 Å². The molecule has 0 aliphatic rings. The number of nitrogens with two attached hydrogens (primary N) is 1. The van der Waals surface area contributed by atoms with Gasteiger partial charge in [0.25, 0.3) is 0 Å². The summed E-state index contributed by atoms with van der Waals surface area (Å²) >= 11 is 0. The Kier molecular flexibility index (Phi) is 6.10. The second kappa shape index (κ2) is 7.37. The van der Waals surface area contributed by atoms with Crippen LogP contribution in [0.5, 0.6) is 17.2 Å². The molecule has 0 aromatic heterocycles. The van der Waals surface area contributed by atoms with Gasteiger partial charge in [-0.2, -0.15) is 13.2 Å². The SMILES string of the molecule is COc1cc(C(CCC(F)(F)F)NN)cc(OC)c1OC. The van der Waals surface area contributed by atoms with E-state index in [0.29, 0.717) is 22.8 Å². The zero-order valence-electron chi connectivity index (χ0n) is 12.1. The van der Waals surface area contributed by atoms with Crippen molar-refractivity contribution < 1.29 is 27.4 Å². The lowest BCUT2D eigenvalue weighted by Gasteiger charge is -2.20. The molecule has 120 valence electrons. The highest BCUT2D eigenvalue weighted by molar-refractivity contribution is 5.54. The summed E-state index contributed by atoms with van der Waals surface area (Å²) in [5.74, 6) is 6.45. The molecule has 21 heavy (non-hydrogen) atoms. The first kappa shape index (κ1) is 17.4. The predicted octanol–water partition coefficient (Wildman–Crippen LogP) is 2.56. The predicted molar refractivity (Wildman–Crippen MR) is 71.5 cm³/mol. The van der Waals surface area contributed by atoms with Crippen molar-refractivity contribution >= 4 is 0 Å². The van der Waals surface area contributed by atoms with Crippen LogP contribution in [0, 0.1) is 0 Å². The fourth-order valence-corrected chi connectivity index (χ4v) is 1.96. The maximum absolute atomic E-state index is 12.3. The molecule has 1 unspecified atom stereocenters. The van der Waals surface area contributed by atoms with E-state index >= 15 is 0 Å². The van der Waals surface area contributed by atoms with Gasteiger partial charge < -0.3 is 14.2 Å². The third-order valence-electron chi connectivity index (χ3n) is 3.01. The van der Waals surface area contributed by atoms with Gasteiger partial charge >= 0.3 is 6.18 Å². The number of hydrogen-bond acceptors (Lipinski definition) is 5. The molecular formula is C13H19F3N2O3. The third-order valence-corrected chi connectivity index (χ3v) is 3.01. The summed E-state index contributed by atoms with van der Waals surface area (Å²) in [6, 6.07) is 2.46. The number of benzene rings is 1. The van der Waals surface area contributed by atoms with Gasteiger partial charge in [0.1, 0.15) is 0 Å². The van der Waals surface area contributed by atoms with E-state index in [-0.39, 0.29) is 6.42 Å². The van der Waals surface area contributed by atoms with Gasteiger partial charge in [0, 0.05) is 12.5 Å². The fourth-order valence-electron chi connectivity index (χ4n) is 1.96. The standard InChI is InChI=1S/C13H19F3N2O3/c1-19-10-6-8(7-11(20-2)12(10)21-3)9(18-17)4-5-13(14,15)16/h6-7,9,18H,4-5,17H2,1-3H3. The Bertz CT molecular complexity index is 441. The lowest BCUT2D eigenvalue weighted by Crippen LogP contribution is -2.29. The average molecular weight is 308 g/mol. The quantitative estimate of drug-likeness (QED) is 0.598. The van der Waals surface area contributed by atoms with E-state index in [4.69, 9.17) is 20.1 Å². The normalized spacial score (nSPS) is 12.9. The lowest BCUT2D eigenvalue weighted by molar-refractivity contribution is -0.136. The Morgan fingerprint density at radius 3 is 1.95 bits per heavy atom. The van der Waals surface area contributed by atoms with Crippen molar-refractivity contribution in [3.63, 3.8) is 0 Å². The van der Waals surface area contributed by atoms with Crippen LogP contribution in [-0.4, -0.2) is 27.5 Å². The highest BCUT2D eigenvalue weighted by Crippen LogP contribution is 2.40. The Labute approximate surface area is 121 Å². The molecule has 0 spiro atoms. The molecule has 1 aromatic carbocycles. The third kappa shape index (κ3) is 4.68. The molecule has 0 heterocycles. The molecule has 0 saturated carbocycles. The summed E-state index contributed by atoms with van der Waals surface area (Å²) in [5, 5.41) is 0.